The summed E-state index contributed by atoms with van der Waals surface area (Å²) in [5.41, 5.74) is 2.43. The van der Waals surface area contributed by atoms with Crippen LogP contribution in [0.25, 0.3) is 0 Å². The Kier molecular flexibility index (Phi) is 5.28. The molecule has 3 aromatic rings. The summed E-state index contributed by atoms with van der Waals surface area (Å²) >= 11 is 6.11. The first-order valence-electron chi connectivity index (χ1n) is 7.85. The number of aromatic nitrogens is 2. The number of para-hydroxylation sites is 1. The van der Waals surface area contributed by atoms with Crippen LogP contribution in [-0.2, 0) is 6.54 Å². The molecule has 132 valence electrons. The summed E-state index contributed by atoms with van der Waals surface area (Å²) in [6.07, 6.45) is 1.27. The highest BCUT2D eigenvalue weighted by molar-refractivity contribution is 6.33. The van der Waals surface area contributed by atoms with Gasteiger partial charge in [0.05, 0.1) is 15.6 Å². The Morgan fingerprint density at radius 3 is 2.46 bits per heavy atom. The van der Waals surface area contributed by atoms with E-state index in [1.807, 2.05) is 31.2 Å². The van der Waals surface area contributed by atoms with Crippen LogP contribution in [0.5, 0.6) is 0 Å². The van der Waals surface area contributed by atoms with E-state index < -0.39 is 4.92 Å². The second kappa shape index (κ2) is 7.79. The third-order valence-corrected chi connectivity index (χ3v) is 4.04. The van der Waals surface area contributed by atoms with Crippen molar-refractivity contribution in [3.8, 4) is 0 Å². The smallest absolute Gasteiger partial charge is 0.353 e. The van der Waals surface area contributed by atoms with Crippen molar-refractivity contribution in [1.82, 2.24) is 9.97 Å². The van der Waals surface area contributed by atoms with Crippen molar-refractivity contribution in [2.45, 2.75) is 13.5 Å². The molecule has 2 aromatic carbocycles. The molecular weight excluding hydrogens is 354 g/mol. The van der Waals surface area contributed by atoms with Crippen LogP contribution in [0.1, 0.15) is 11.1 Å². The van der Waals surface area contributed by atoms with Gasteiger partial charge in [0.2, 0.25) is 11.6 Å². The van der Waals surface area contributed by atoms with Gasteiger partial charge in [-0.15, -0.1) is 0 Å². The zero-order valence-corrected chi connectivity index (χ0v) is 14.7. The molecule has 7 nitrogen and oxygen atoms in total. The summed E-state index contributed by atoms with van der Waals surface area (Å²) < 4.78 is 0. The number of benzene rings is 2. The minimum Gasteiger partial charge on any atom is -0.360 e. The van der Waals surface area contributed by atoms with E-state index in [1.165, 1.54) is 6.33 Å². The van der Waals surface area contributed by atoms with Crippen LogP contribution < -0.4 is 10.6 Å². The lowest BCUT2D eigenvalue weighted by Gasteiger charge is -2.11. The number of nitro groups is 1. The quantitative estimate of drug-likeness (QED) is 0.483. The minimum atomic E-state index is -0.517. The number of halogens is 1. The molecular formula is C18H16ClN5O2. The molecule has 8 heteroatoms. The molecule has 1 heterocycles. The van der Waals surface area contributed by atoms with E-state index in [0.29, 0.717) is 17.3 Å². The molecule has 0 bridgehead atoms. The lowest BCUT2D eigenvalue weighted by molar-refractivity contribution is -0.383. The van der Waals surface area contributed by atoms with Crippen LogP contribution in [0, 0.1) is 17.0 Å². The van der Waals surface area contributed by atoms with E-state index in [0.717, 1.165) is 11.1 Å². The Balaban J connectivity index is 1.87. The number of anilines is 3. The highest BCUT2D eigenvalue weighted by atomic mass is 35.5. The molecule has 0 spiro atoms. The summed E-state index contributed by atoms with van der Waals surface area (Å²) in [6, 6.07) is 14.8. The van der Waals surface area contributed by atoms with Crippen molar-refractivity contribution in [1.29, 1.82) is 0 Å². The third-order valence-electron chi connectivity index (χ3n) is 3.71. The summed E-state index contributed by atoms with van der Waals surface area (Å²) in [6.45, 7) is 2.41. The zero-order chi connectivity index (χ0) is 18.5. The molecule has 0 aliphatic rings. The molecule has 3 rings (SSSR count). The third kappa shape index (κ3) is 4.07. The van der Waals surface area contributed by atoms with Crippen molar-refractivity contribution in [3.63, 3.8) is 0 Å². The molecule has 0 aliphatic carbocycles. The van der Waals surface area contributed by atoms with Crippen LogP contribution in [0.3, 0.4) is 0 Å². The van der Waals surface area contributed by atoms with Gasteiger partial charge in [0, 0.05) is 6.54 Å². The van der Waals surface area contributed by atoms with Gasteiger partial charge in [0.1, 0.15) is 6.33 Å². The average Bonchev–Trinajstić information content (AvgIpc) is 2.63. The SMILES string of the molecule is Cc1ccc(CNc2ncnc(Nc3ccccc3Cl)c2[N+](=O)[O-])cc1. The molecule has 26 heavy (non-hydrogen) atoms. The van der Waals surface area contributed by atoms with E-state index in [2.05, 4.69) is 20.6 Å². The van der Waals surface area contributed by atoms with Crippen molar-refractivity contribution in [2.75, 3.05) is 10.6 Å². The van der Waals surface area contributed by atoms with Gasteiger partial charge in [-0.3, -0.25) is 10.1 Å². The van der Waals surface area contributed by atoms with Crippen LogP contribution in [0.4, 0.5) is 23.0 Å². The average molecular weight is 370 g/mol. The van der Waals surface area contributed by atoms with Gasteiger partial charge in [-0.05, 0) is 24.6 Å². The Labute approximate surface area is 155 Å². The Morgan fingerprint density at radius 2 is 1.77 bits per heavy atom. The number of hydrogen-bond acceptors (Lipinski definition) is 6. The van der Waals surface area contributed by atoms with Crippen LogP contribution in [0.2, 0.25) is 5.02 Å². The number of aryl methyl sites for hydroxylation is 1. The van der Waals surface area contributed by atoms with Crippen LogP contribution >= 0.6 is 11.6 Å². The first-order chi connectivity index (χ1) is 12.5. The van der Waals surface area contributed by atoms with Gasteiger partial charge in [-0.2, -0.15) is 0 Å². The number of rotatable bonds is 6. The maximum Gasteiger partial charge on any atom is 0.353 e. The Morgan fingerprint density at radius 1 is 1.08 bits per heavy atom. The number of nitrogens with one attached hydrogen (secondary N) is 2. The molecule has 0 fully saturated rings. The normalized spacial score (nSPS) is 10.4. The molecule has 0 atom stereocenters. The van der Waals surface area contributed by atoms with Gasteiger partial charge in [0.15, 0.2) is 0 Å². The molecule has 0 saturated heterocycles. The first kappa shape index (κ1) is 17.6. The summed E-state index contributed by atoms with van der Waals surface area (Å²) in [7, 11) is 0. The molecule has 0 saturated carbocycles. The highest BCUT2D eigenvalue weighted by Gasteiger charge is 2.23. The summed E-state index contributed by atoms with van der Waals surface area (Å²) in [5.74, 6) is 0.213. The van der Waals surface area contributed by atoms with Gasteiger partial charge in [0.25, 0.3) is 0 Å². The van der Waals surface area contributed by atoms with Crippen LogP contribution in [-0.4, -0.2) is 14.9 Å². The Hall–Kier alpha value is -3.19. The second-order valence-corrected chi connectivity index (χ2v) is 6.03. The van der Waals surface area contributed by atoms with Gasteiger partial charge in [-0.25, -0.2) is 9.97 Å². The fourth-order valence-electron chi connectivity index (χ4n) is 2.35. The van der Waals surface area contributed by atoms with Crippen molar-refractivity contribution in [2.24, 2.45) is 0 Å². The maximum atomic E-state index is 11.6. The second-order valence-electron chi connectivity index (χ2n) is 5.62. The van der Waals surface area contributed by atoms with Gasteiger partial charge >= 0.3 is 5.69 Å². The molecule has 0 aliphatic heterocycles. The lowest BCUT2D eigenvalue weighted by Crippen LogP contribution is -2.08. The first-order valence-corrected chi connectivity index (χ1v) is 8.23. The van der Waals surface area contributed by atoms with Crippen molar-refractivity contribution >= 4 is 34.6 Å². The zero-order valence-electron chi connectivity index (χ0n) is 13.9. The van der Waals surface area contributed by atoms with E-state index in [4.69, 9.17) is 11.6 Å². The molecule has 0 amide bonds. The number of nitrogens with zero attached hydrogens (tertiary/aromatic N) is 3. The largest absolute Gasteiger partial charge is 0.360 e. The molecule has 2 N–H and O–H groups in total. The van der Waals surface area contributed by atoms with Gasteiger partial charge in [-0.1, -0.05) is 53.6 Å². The fraction of sp³-hybridized carbons (Fsp3) is 0.111. The predicted octanol–water partition coefficient (Wildman–Crippen LogP) is 4.70. The summed E-state index contributed by atoms with van der Waals surface area (Å²) in [4.78, 5) is 19.1. The van der Waals surface area contributed by atoms with Crippen molar-refractivity contribution < 1.29 is 4.92 Å². The standard InChI is InChI=1S/C18H16ClN5O2/c1-12-6-8-13(9-7-12)10-20-17-16(24(25)26)18(22-11-21-17)23-15-5-3-2-4-14(15)19/h2-9,11H,10H2,1H3,(H2,20,21,22,23). The minimum absolute atomic E-state index is 0.0736. The van der Waals surface area contributed by atoms with E-state index in [1.54, 1.807) is 24.3 Å². The Bertz CT molecular complexity index is 931. The fourth-order valence-corrected chi connectivity index (χ4v) is 2.54. The monoisotopic (exact) mass is 369 g/mol. The maximum absolute atomic E-state index is 11.6. The van der Waals surface area contributed by atoms with E-state index in [9.17, 15) is 10.1 Å². The predicted molar refractivity (Wildman–Crippen MR) is 102 cm³/mol. The summed E-state index contributed by atoms with van der Waals surface area (Å²) in [5, 5.41) is 17.9. The highest BCUT2D eigenvalue weighted by Crippen LogP contribution is 2.33. The van der Waals surface area contributed by atoms with Crippen molar-refractivity contribution in [3.05, 3.63) is 81.1 Å². The molecule has 0 unspecified atom stereocenters. The van der Waals surface area contributed by atoms with Crippen LogP contribution in [0.15, 0.2) is 54.9 Å². The topological polar surface area (TPSA) is 93.0 Å². The molecule has 0 radical (unpaired) electrons. The lowest BCUT2D eigenvalue weighted by atomic mass is 10.1. The number of hydrogen-bond donors (Lipinski definition) is 2. The van der Waals surface area contributed by atoms with E-state index >= 15 is 0 Å². The van der Waals surface area contributed by atoms with Gasteiger partial charge < -0.3 is 10.6 Å². The molecule has 1 aromatic heterocycles. The van der Waals surface area contributed by atoms with E-state index in [-0.39, 0.29) is 17.3 Å².